The number of nitrogens with two attached hydrogens (primary N) is 1. The van der Waals surface area contributed by atoms with Gasteiger partial charge in [-0.05, 0) is 31.4 Å². The van der Waals surface area contributed by atoms with E-state index >= 15 is 0 Å². The molecule has 0 aromatic heterocycles. The van der Waals surface area contributed by atoms with E-state index in [4.69, 9.17) is 10.5 Å². The average molecular weight is 342 g/mol. The quantitative estimate of drug-likeness (QED) is 0.621. The highest BCUT2D eigenvalue weighted by molar-refractivity contribution is 5.16. The van der Waals surface area contributed by atoms with Gasteiger partial charge in [-0.25, -0.2) is 0 Å². The second-order valence-electron chi connectivity index (χ2n) is 7.16. The molecule has 0 radical (unpaired) electrons. The van der Waals surface area contributed by atoms with Gasteiger partial charge in [0.25, 0.3) is 0 Å². The van der Waals surface area contributed by atoms with E-state index in [0.717, 1.165) is 11.1 Å². The molecule has 0 spiro atoms. The van der Waals surface area contributed by atoms with Crippen LogP contribution in [0.2, 0.25) is 0 Å². The molecule has 0 heterocycles. The lowest BCUT2D eigenvalue weighted by molar-refractivity contribution is 0.0599. The summed E-state index contributed by atoms with van der Waals surface area (Å²) in [7, 11) is 0. The van der Waals surface area contributed by atoms with Gasteiger partial charge in [-0.3, -0.25) is 0 Å². The van der Waals surface area contributed by atoms with Crippen LogP contribution in [0, 0.1) is 0 Å². The van der Waals surface area contributed by atoms with E-state index < -0.39 is 6.10 Å². The second kappa shape index (κ2) is 9.68. The standard InChI is InChI=1S/C21H30N2O2/c1-21(2,16-25-15-18-11-7-4-8-12-18)23-14-20(24)19(22)13-17-9-5-3-6-10-17/h3-12,19-20,23-24H,13-16,22H2,1-2H3/t19-,20+/m0/s1. The average Bonchev–Trinajstić information content (AvgIpc) is 2.61. The van der Waals surface area contributed by atoms with Crippen LogP contribution in [0.5, 0.6) is 0 Å². The fourth-order valence-corrected chi connectivity index (χ4v) is 2.60. The van der Waals surface area contributed by atoms with Crippen molar-refractivity contribution in [3.05, 3.63) is 71.8 Å². The molecule has 0 saturated carbocycles. The van der Waals surface area contributed by atoms with Gasteiger partial charge in [-0.2, -0.15) is 0 Å². The molecule has 136 valence electrons. The van der Waals surface area contributed by atoms with Gasteiger partial charge < -0.3 is 20.9 Å². The van der Waals surface area contributed by atoms with Gasteiger partial charge in [0.1, 0.15) is 0 Å². The normalized spacial score (nSPS) is 14.2. The topological polar surface area (TPSA) is 67.5 Å². The third-order valence-corrected chi connectivity index (χ3v) is 4.17. The van der Waals surface area contributed by atoms with E-state index in [9.17, 15) is 5.11 Å². The van der Waals surface area contributed by atoms with Gasteiger partial charge in [0.2, 0.25) is 0 Å². The number of benzene rings is 2. The molecule has 2 aromatic rings. The fourth-order valence-electron chi connectivity index (χ4n) is 2.60. The van der Waals surface area contributed by atoms with Crippen molar-refractivity contribution in [1.82, 2.24) is 5.32 Å². The van der Waals surface area contributed by atoms with Crippen LogP contribution in [0.25, 0.3) is 0 Å². The van der Waals surface area contributed by atoms with Crippen molar-refractivity contribution >= 4 is 0 Å². The minimum Gasteiger partial charge on any atom is -0.390 e. The largest absolute Gasteiger partial charge is 0.390 e. The van der Waals surface area contributed by atoms with Crippen molar-refractivity contribution in [3.8, 4) is 0 Å². The number of rotatable bonds is 10. The first-order valence-electron chi connectivity index (χ1n) is 8.80. The molecular weight excluding hydrogens is 312 g/mol. The molecule has 2 rings (SSSR count). The zero-order chi connectivity index (χ0) is 18.1. The number of aliphatic hydroxyl groups is 1. The van der Waals surface area contributed by atoms with Crippen LogP contribution in [-0.4, -0.2) is 35.9 Å². The first-order valence-corrected chi connectivity index (χ1v) is 8.80. The van der Waals surface area contributed by atoms with E-state index in [1.165, 1.54) is 0 Å². The van der Waals surface area contributed by atoms with Gasteiger partial charge in [0.05, 0.1) is 19.3 Å². The van der Waals surface area contributed by atoms with Gasteiger partial charge >= 0.3 is 0 Å². The Labute approximate surface area is 151 Å². The first-order chi connectivity index (χ1) is 12.0. The van der Waals surface area contributed by atoms with E-state index in [1.807, 2.05) is 60.7 Å². The number of aliphatic hydroxyl groups excluding tert-OH is 1. The van der Waals surface area contributed by atoms with Crippen molar-refractivity contribution in [2.24, 2.45) is 5.73 Å². The van der Waals surface area contributed by atoms with Gasteiger partial charge in [0, 0.05) is 18.1 Å². The molecule has 0 bridgehead atoms. The second-order valence-corrected chi connectivity index (χ2v) is 7.16. The molecule has 0 aliphatic rings. The summed E-state index contributed by atoms with van der Waals surface area (Å²) in [6.45, 7) is 5.71. The van der Waals surface area contributed by atoms with Gasteiger partial charge in [-0.15, -0.1) is 0 Å². The summed E-state index contributed by atoms with van der Waals surface area (Å²) < 4.78 is 5.80. The predicted octanol–water partition coefficient (Wildman–Crippen LogP) is 2.50. The summed E-state index contributed by atoms with van der Waals surface area (Å²) >= 11 is 0. The zero-order valence-corrected chi connectivity index (χ0v) is 15.2. The molecule has 2 aromatic carbocycles. The van der Waals surface area contributed by atoms with Crippen molar-refractivity contribution < 1.29 is 9.84 Å². The number of nitrogens with one attached hydrogen (secondary N) is 1. The maximum absolute atomic E-state index is 10.3. The molecule has 2 atom stereocenters. The van der Waals surface area contributed by atoms with Crippen LogP contribution < -0.4 is 11.1 Å². The van der Waals surface area contributed by atoms with E-state index in [2.05, 4.69) is 19.2 Å². The van der Waals surface area contributed by atoms with Crippen molar-refractivity contribution in [3.63, 3.8) is 0 Å². The maximum Gasteiger partial charge on any atom is 0.0818 e. The van der Waals surface area contributed by atoms with Crippen LogP contribution in [0.1, 0.15) is 25.0 Å². The number of ether oxygens (including phenoxy) is 1. The van der Waals surface area contributed by atoms with Crippen LogP contribution >= 0.6 is 0 Å². The summed E-state index contributed by atoms with van der Waals surface area (Å²) in [5, 5.41) is 13.7. The Kier molecular flexibility index (Phi) is 7.59. The Morgan fingerprint density at radius 1 is 1.00 bits per heavy atom. The highest BCUT2D eigenvalue weighted by Crippen LogP contribution is 2.08. The molecule has 4 heteroatoms. The molecule has 0 fully saturated rings. The molecule has 0 saturated heterocycles. The van der Waals surface area contributed by atoms with Gasteiger partial charge in [0.15, 0.2) is 0 Å². The smallest absolute Gasteiger partial charge is 0.0818 e. The van der Waals surface area contributed by atoms with Crippen LogP contribution in [0.15, 0.2) is 60.7 Å². The molecule has 4 nitrogen and oxygen atoms in total. The molecule has 4 N–H and O–H groups in total. The summed E-state index contributed by atoms with van der Waals surface area (Å²) in [4.78, 5) is 0. The summed E-state index contributed by atoms with van der Waals surface area (Å²) in [5.41, 5.74) is 8.19. The lowest BCUT2D eigenvalue weighted by Crippen LogP contribution is -2.51. The Morgan fingerprint density at radius 3 is 2.16 bits per heavy atom. The Balaban J connectivity index is 1.70. The van der Waals surface area contributed by atoms with Gasteiger partial charge in [-0.1, -0.05) is 60.7 Å². The zero-order valence-electron chi connectivity index (χ0n) is 15.2. The number of hydrogen-bond acceptors (Lipinski definition) is 4. The minimum atomic E-state index is -0.603. The third-order valence-electron chi connectivity index (χ3n) is 4.17. The van der Waals surface area contributed by atoms with Crippen LogP contribution in [-0.2, 0) is 17.8 Å². The maximum atomic E-state index is 10.3. The summed E-state index contributed by atoms with van der Waals surface area (Å²) in [6, 6.07) is 19.8. The van der Waals surface area contributed by atoms with Crippen molar-refractivity contribution in [2.75, 3.05) is 13.2 Å². The van der Waals surface area contributed by atoms with Crippen LogP contribution in [0.3, 0.4) is 0 Å². The molecule has 0 aliphatic carbocycles. The monoisotopic (exact) mass is 342 g/mol. The van der Waals surface area contributed by atoms with Crippen LogP contribution in [0.4, 0.5) is 0 Å². The minimum absolute atomic E-state index is 0.234. The predicted molar refractivity (Wildman–Crippen MR) is 102 cm³/mol. The molecule has 0 amide bonds. The summed E-state index contributed by atoms with van der Waals surface area (Å²) in [5.74, 6) is 0. The molecule has 0 aliphatic heterocycles. The fraction of sp³-hybridized carbons (Fsp3) is 0.429. The van der Waals surface area contributed by atoms with Crippen molar-refractivity contribution in [2.45, 2.75) is 44.6 Å². The Morgan fingerprint density at radius 2 is 1.56 bits per heavy atom. The summed E-state index contributed by atoms with van der Waals surface area (Å²) in [6.07, 6.45) is 0.0582. The molecule has 25 heavy (non-hydrogen) atoms. The van der Waals surface area contributed by atoms with E-state index in [-0.39, 0.29) is 11.6 Å². The van der Waals surface area contributed by atoms with E-state index in [1.54, 1.807) is 0 Å². The van der Waals surface area contributed by atoms with Crippen molar-refractivity contribution in [1.29, 1.82) is 0 Å². The Hall–Kier alpha value is -1.72. The molecule has 0 unspecified atom stereocenters. The van der Waals surface area contributed by atoms with E-state index in [0.29, 0.717) is 26.2 Å². The highest BCUT2D eigenvalue weighted by Gasteiger charge is 2.22. The third kappa shape index (κ3) is 7.36. The number of β-amino-alcohol motifs (C(OH)–C–C–N with tert-alkyl or cyclic N) is 1. The molecular formula is C21H30N2O2. The number of hydrogen-bond donors (Lipinski definition) is 3. The lowest BCUT2D eigenvalue weighted by Gasteiger charge is -2.29. The SMILES string of the molecule is CC(C)(COCc1ccccc1)NC[C@@H](O)[C@@H](N)Cc1ccccc1. The lowest BCUT2D eigenvalue weighted by atomic mass is 10.0. The highest BCUT2D eigenvalue weighted by atomic mass is 16.5. The Bertz CT molecular complexity index is 602. The first kappa shape index (κ1) is 19.6.